The van der Waals surface area contributed by atoms with E-state index < -0.39 is 0 Å². The third-order valence-electron chi connectivity index (χ3n) is 3.18. The van der Waals surface area contributed by atoms with Crippen molar-refractivity contribution >= 4 is 21.8 Å². The molecule has 1 aliphatic carbocycles. The molecule has 0 spiro atoms. The van der Waals surface area contributed by atoms with Gasteiger partial charge in [0, 0.05) is 18.3 Å². The number of alkyl halides is 1. The molecule has 0 radical (unpaired) electrons. The fourth-order valence-electron chi connectivity index (χ4n) is 1.71. The van der Waals surface area contributed by atoms with E-state index in [1.165, 1.54) is 12.8 Å². The van der Waals surface area contributed by atoms with Crippen molar-refractivity contribution in [1.29, 1.82) is 0 Å². The summed E-state index contributed by atoms with van der Waals surface area (Å²) in [5.41, 5.74) is 0.985. The van der Waals surface area contributed by atoms with Gasteiger partial charge in [-0.05, 0) is 24.3 Å². The maximum atomic E-state index is 11.9. The molecule has 0 unspecified atom stereocenters. The summed E-state index contributed by atoms with van der Waals surface area (Å²) in [6, 6.07) is 1.74. The molecule has 1 N–H and O–H groups in total. The van der Waals surface area contributed by atoms with Crippen LogP contribution in [0.2, 0.25) is 0 Å². The number of carbonyl (C=O) groups excluding carboxylic acids is 1. The van der Waals surface area contributed by atoms with Crippen molar-refractivity contribution in [3.8, 4) is 0 Å². The average molecular weight is 286 g/mol. The van der Waals surface area contributed by atoms with Gasteiger partial charge in [-0.1, -0.05) is 22.9 Å². The molecule has 1 saturated carbocycles. The van der Waals surface area contributed by atoms with Gasteiger partial charge in [0.1, 0.15) is 5.76 Å². The molecule has 2 rings (SSSR count). The lowest BCUT2D eigenvalue weighted by molar-refractivity contribution is 0.0944. The van der Waals surface area contributed by atoms with Crippen LogP contribution >= 0.6 is 15.9 Å². The number of amides is 1. The van der Waals surface area contributed by atoms with Crippen molar-refractivity contribution in [3.63, 3.8) is 0 Å². The molecule has 1 fully saturated rings. The van der Waals surface area contributed by atoms with Gasteiger partial charge in [0.25, 0.3) is 5.91 Å². The second kappa shape index (κ2) is 4.62. The summed E-state index contributed by atoms with van der Waals surface area (Å²) in [5.74, 6) is 0.749. The van der Waals surface area contributed by atoms with E-state index in [1.54, 1.807) is 12.3 Å². The molecule has 1 heterocycles. The molecule has 16 heavy (non-hydrogen) atoms. The number of rotatable bonds is 5. The molecule has 88 valence electrons. The molecule has 0 atom stereocenters. The van der Waals surface area contributed by atoms with Gasteiger partial charge in [-0.2, -0.15) is 0 Å². The zero-order valence-corrected chi connectivity index (χ0v) is 11.0. The minimum absolute atomic E-state index is 0.0159. The fraction of sp³-hybridized carbons (Fsp3) is 0.583. The van der Waals surface area contributed by atoms with E-state index in [2.05, 4.69) is 21.2 Å². The molecular weight excluding hydrogens is 270 g/mol. The van der Waals surface area contributed by atoms with E-state index in [9.17, 15) is 4.79 Å². The molecule has 1 aromatic heterocycles. The Morgan fingerprint density at radius 1 is 1.62 bits per heavy atom. The largest absolute Gasteiger partial charge is 0.469 e. The van der Waals surface area contributed by atoms with Crippen LogP contribution in [0.5, 0.6) is 0 Å². The second-order valence-electron chi connectivity index (χ2n) is 4.43. The highest BCUT2D eigenvalue weighted by molar-refractivity contribution is 9.09. The topological polar surface area (TPSA) is 42.2 Å². The Morgan fingerprint density at radius 2 is 2.38 bits per heavy atom. The van der Waals surface area contributed by atoms with Crippen molar-refractivity contribution in [3.05, 3.63) is 23.7 Å². The van der Waals surface area contributed by atoms with Crippen molar-refractivity contribution in [2.45, 2.75) is 26.2 Å². The molecule has 0 aliphatic heterocycles. The third kappa shape index (κ3) is 2.32. The van der Waals surface area contributed by atoms with Gasteiger partial charge in [0.2, 0.25) is 0 Å². The van der Waals surface area contributed by atoms with E-state index in [1.807, 2.05) is 6.92 Å². The van der Waals surface area contributed by atoms with Crippen LogP contribution in [-0.4, -0.2) is 17.8 Å². The Kier molecular flexibility index (Phi) is 3.38. The van der Waals surface area contributed by atoms with Crippen molar-refractivity contribution in [2.75, 3.05) is 11.9 Å². The van der Waals surface area contributed by atoms with Crippen LogP contribution in [0.1, 0.15) is 35.9 Å². The first-order valence-corrected chi connectivity index (χ1v) is 6.73. The SMILES string of the molecule is CCc1occc1C(=O)NCC1(CBr)CC1. The van der Waals surface area contributed by atoms with Gasteiger partial charge < -0.3 is 9.73 Å². The molecule has 0 saturated heterocycles. The maximum absolute atomic E-state index is 11.9. The van der Waals surface area contributed by atoms with Crippen molar-refractivity contribution in [2.24, 2.45) is 5.41 Å². The highest BCUT2D eigenvalue weighted by Gasteiger charge is 2.41. The third-order valence-corrected chi connectivity index (χ3v) is 4.37. The van der Waals surface area contributed by atoms with Gasteiger partial charge in [0.05, 0.1) is 11.8 Å². The molecule has 1 amide bonds. The van der Waals surface area contributed by atoms with E-state index in [0.29, 0.717) is 11.0 Å². The molecule has 1 aromatic rings. The van der Waals surface area contributed by atoms with Gasteiger partial charge in [-0.25, -0.2) is 0 Å². The Morgan fingerprint density at radius 3 is 2.94 bits per heavy atom. The first-order chi connectivity index (χ1) is 7.71. The fourth-order valence-corrected chi connectivity index (χ4v) is 2.47. The monoisotopic (exact) mass is 285 g/mol. The Balaban J connectivity index is 1.93. The molecular formula is C12H16BrNO2. The lowest BCUT2D eigenvalue weighted by atomic mass is 10.1. The highest BCUT2D eigenvalue weighted by Crippen LogP contribution is 2.46. The summed E-state index contributed by atoms with van der Waals surface area (Å²) in [4.78, 5) is 11.9. The number of nitrogens with one attached hydrogen (secondary N) is 1. The number of carbonyl (C=O) groups is 1. The van der Waals surface area contributed by atoms with Gasteiger partial charge >= 0.3 is 0 Å². The van der Waals surface area contributed by atoms with Crippen molar-refractivity contribution in [1.82, 2.24) is 5.32 Å². The lowest BCUT2D eigenvalue weighted by Crippen LogP contribution is -2.31. The quantitative estimate of drug-likeness (QED) is 0.846. The second-order valence-corrected chi connectivity index (χ2v) is 4.99. The van der Waals surface area contributed by atoms with Gasteiger partial charge in [-0.15, -0.1) is 0 Å². The van der Waals surface area contributed by atoms with Gasteiger partial charge in [-0.3, -0.25) is 4.79 Å². The summed E-state index contributed by atoms with van der Waals surface area (Å²) in [7, 11) is 0. The Hall–Kier alpha value is -0.770. The summed E-state index contributed by atoms with van der Waals surface area (Å²) in [6.45, 7) is 2.74. The maximum Gasteiger partial charge on any atom is 0.254 e. The van der Waals surface area contributed by atoms with E-state index in [-0.39, 0.29) is 5.91 Å². The van der Waals surface area contributed by atoms with Crippen LogP contribution < -0.4 is 5.32 Å². The zero-order chi connectivity index (χ0) is 11.6. The van der Waals surface area contributed by atoms with Crippen LogP contribution in [0, 0.1) is 5.41 Å². The minimum atomic E-state index is -0.0159. The van der Waals surface area contributed by atoms with Crippen LogP contribution in [0.3, 0.4) is 0 Å². The summed E-state index contributed by atoms with van der Waals surface area (Å²) < 4.78 is 5.24. The first-order valence-electron chi connectivity index (χ1n) is 5.61. The van der Waals surface area contributed by atoms with Crippen LogP contribution in [0.15, 0.2) is 16.7 Å². The smallest absolute Gasteiger partial charge is 0.254 e. The lowest BCUT2D eigenvalue weighted by Gasteiger charge is -2.12. The molecule has 0 bridgehead atoms. The summed E-state index contributed by atoms with van der Waals surface area (Å²) >= 11 is 3.49. The van der Waals surface area contributed by atoms with Crippen LogP contribution in [-0.2, 0) is 6.42 Å². The normalized spacial score (nSPS) is 17.1. The average Bonchev–Trinajstić information content (AvgIpc) is 2.94. The van der Waals surface area contributed by atoms with Crippen LogP contribution in [0.25, 0.3) is 0 Å². The molecule has 0 aromatic carbocycles. The number of hydrogen-bond acceptors (Lipinski definition) is 2. The number of furan rings is 1. The van der Waals surface area contributed by atoms with Crippen LogP contribution in [0.4, 0.5) is 0 Å². The van der Waals surface area contributed by atoms with E-state index in [4.69, 9.17) is 4.42 Å². The predicted molar refractivity (Wildman–Crippen MR) is 65.9 cm³/mol. The minimum Gasteiger partial charge on any atom is -0.469 e. The molecule has 3 nitrogen and oxygen atoms in total. The van der Waals surface area contributed by atoms with E-state index >= 15 is 0 Å². The first kappa shape index (κ1) is 11.7. The number of aryl methyl sites for hydroxylation is 1. The number of halogens is 1. The summed E-state index contributed by atoms with van der Waals surface area (Å²) in [5, 5.41) is 3.95. The Bertz CT molecular complexity index is 382. The standard InChI is InChI=1S/C12H16BrNO2/c1-2-10-9(3-6-16-10)11(15)14-8-12(7-13)4-5-12/h3,6H,2,4-5,7-8H2,1H3,(H,14,15). The number of hydrogen-bond donors (Lipinski definition) is 1. The molecule has 4 heteroatoms. The van der Waals surface area contributed by atoms with Gasteiger partial charge in [0.15, 0.2) is 0 Å². The molecule has 1 aliphatic rings. The van der Waals surface area contributed by atoms with E-state index in [0.717, 1.165) is 24.1 Å². The predicted octanol–water partition coefficient (Wildman–Crippen LogP) is 2.75. The highest BCUT2D eigenvalue weighted by atomic mass is 79.9. The summed E-state index contributed by atoms with van der Waals surface area (Å²) in [6.07, 6.45) is 4.72. The van der Waals surface area contributed by atoms with Crippen molar-refractivity contribution < 1.29 is 9.21 Å². The zero-order valence-electron chi connectivity index (χ0n) is 9.38. The Labute approximate surface area is 104 Å².